The number of aromatic nitrogens is 4. The van der Waals surface area contributed by atoms with E-state index in [9.17, 15) is 19.1 Å². The van der Waals surface area contributed by atoms with Gasteiger partial charge in [-0.15, -0.1) is 5.10 Å². The Labute approximate surface area is 164 Å². The first kappa shape index (κ1) is 17.7. The minimum atomic E-state index is -1.30. The number of H-pyrrole nitrogens is 1. The van der Waals surface area contributed by atoms with Gasteiger partial charge in [-0.1, -0.05) is 0 Å². The summed E-state index contributed by atoms with van der Waals surface area (Å²) >= 11 is 0. The van der Waals surface area contributed by atoms with Gasteiger partial charge in [0, 0.05) is 36.6 Å². The fourth-order valence-electron chi connectivity index (χ4n) is 4.08. The standard InChI is InChI=1S/C19H19FN6O3/c20-13-5-11-14(26(10-1-2-10)8-12(16(11)27)18(28)29)6-15(13)25-4-3-9(7-25)17-22-19(21)24-23-17/h5-6,8-10H,1-4,7H2,(H,28,29)(H3,21,22,23,24). The summed E-state index contributed by atoms with van der Waals surface area (Å²) in [4.78, 5) is 30.1. The number of pyridine rings is 1. The SMILES string of the molecule is Nc1n[nH]c(C2CCN(c3cc4c(cc3F)c(=O)c(C(=O)O)cn4C3CC3)C2)n1. The van der Waals surface area contributed by atoms with Crippen molar-refractivity contribution >= 4 is 28.5 Å². The van der Waals surface area contributed by atoms with E-state index < -0.39 is 17.2 Å². The summed E-state index contributed by atoms with van der Waals surface area (Å²) in [7, 11) is 0. The number of nitrogens with zero attached hydrogens (tertiary/aromatic N) is 4. The van der Waals surface area contributed by atoms with E-state index in [4.69, 9.17) is 5.73 Å². The van der Waals surface area contributed by atoms with E-state index in [0.717, 1.165) is 25.3 Å². The number of hydrogen-bond donors (Lipinski definition) is 3. The van der Waals surface area contributed by atoms with Crippen LogP contribution >= 0.6 is 0 Å². The minimum absolute atomic E-state index is 0.0508. The maximum Gasteiger partial charge on any atom is 0.341 e. The van der Waals surface area contributed by atoms with E-state index >= 15 is 0 Å². The van der Waals surface area contributed by atoms with Crippen molar-refractivity contribution in [3.63, 3.8) is 0 Å². The van der Waals surface area contributed by atoms with Crippen LogP contribution in [0.4, 0.5) is 16.0 Å². The summed E-state index contributed by atoms with van der Waals surface area (Å²) in [6.07, 6.45) is 3.96. The zero-order chi connectivity index (χ0) is 20.3. The molecule has 3 heterocycles. The van der Waals surface area contributed by atoms with E-state index in [0.29, 0.717) is 30.1 Å². The molecule has 2 aliphatic rings. The molecule has 0 radical (unpaired) electrons. The lowest BCUT2D eigenvalue weighted by Gasteiger charge is -2.21. The molecule has 1 saturated heterocycles. The molecule has 1 saturated carbocycles. The predicted molar refractivity (Wildman–Crippen MR) is 104 cm³/mol. The number of anilines is 2. The smallest absolute Gasteiger partial charge is 0.341 e. The number of carboxylic acid groups (broad SMARTS) is 1. The van der Waals surface area contributed by atoms with Crippen molar-refractivity contribution in [1.82, 2.24) is 19.7 Å². The van der Waals surface area contributed by atoms with Crippen LogP contribution in [0, 0.1) is 5.82 Å². The quantitative estimate of drug-likeness (QED) is 0.611. The van der Waals surface area contributed by atoms with Crippen LogP contribution in [-0.2, 0) is 0 Å². The number of nitrogen functional groups attached to an aromatic ring is 1. The number of fused-ring (bicyclic) bond motifs is 1. The molecule has 150 valence electrons. The van der Waals surface area contributed by atoms with Gasteiger partial charge in [-0.2, -0.15) is 4.98 Å². The Balaban J connectivity index is 1.58. The fraction of sp³-hybridized carbons (Fsp3) is 0.368. The lowest BCUT2D eigenvalue weighted by atomic mass is 10.1. The van der Waals surface area contributed by atoms with Gasteiger partial charge in [-0.25, -0.2) is 9.18 Å². The molecule has 10 heteroatoms. The Hall–Kier alpha value is -3.43. The number of rotatable bonds is 4. The number of carboxylic acids is 1. The number of hydrogen-bond acceptors (Lipinski definition) is 6. The molecule has 5 rings (SSSR count). The molecule has 1 aliphatic heterocycles. The highest BCUT2D eigenvalue weighted by molar-refractivity contribution is 5.93. The summed E-state index contributed by atoms with van der Waals surface area (Å²) in [6, 6.07) is 2.96. The summed E-state index contributed by atoms with van der Waals surface area (Å²) in [6.45, 7) is 1.16. The monoisotopic (exact) mass is 398 g/mol. The lowest BCUT2D eigenvalue weighted by molar-refractivity contribution is 0.0695. The molecule has 4 N–H and O–H groups in total. The minimum Gasteiger partial charge on any atom is -0.477 e. The molecule has 3 aromatic rings. The van der Waals surface area contributed by atoms with Crippen molar-refractivity contribution in [1.29, 1.82) is 0 Å². The summed E-state index contributed by atoms with van der Waals surface area (Å²) in [5.74, 6) is -0.943. The molecule has 0 bridgehead atoms. The topological polar surface area (TPSA) is 130 Å². The van der Waals surface area contributed by atoms with Crippen molar-refractivity contribution in [2.24, 2.45) is 0 Å². The average molecular weight is 398 g/mol. The first-order valence-corrected chi connectivity index (χ1v) is 9.47. The van der Waals surface area contributed by atoms with Gasteiger partial charge in [0.05, 0.1) is 11.2 Å². The van der Waals surface area contributed by atoms with E-state index in [1.165, 1.54) is 6.20 Å². The third-order valence-electron chi connectivity index (χ3n) is 5.71. The molecule has 1 unspecified atom stereocenters. The highest BCUT2D eigenvalue weighted by Crippen LogP contribution is 2.39. The molecular formula is C19H19FN6O3. The largest absolute Gasteiger partial charge is 0.477 e. The summed E-state index contributed by atoms with van der Waals surface area (Å²) < 4.78 is 16.8. The second-order valence-electron chi connectivity index (χ2n) is 7.65. The zero-order valence-corrected chi connectivity index (χ0v) is 15.4. The van der Waals surface area contributed by atoms with Gasteiger partial charge in [0.15, 0.2) is 0 Å². The number of benzene rings is 1. The van der Waals surface area contributed by atoms with E-state index in [2.05, 4.69) is 15.2 Å². The Morgan fingerprint density at radius 1 is 1.31 bits per heavy atom. The van der Waals surface area contributed by atoms with Crippen LogP contribution in [0.25, 0.3) is 10.9 Å². The Bertz CT molecular complexity index is 1200. The molecule has 29 heavy (non-hydrogen) atoms. The van der Waals surface area contributed by atoms with Crippen LogP contribution in [0.5, 0.6) is 0 Å². The molecule has 0 amide bonds. The third-order valence-corrected chi connectivity index (χ3v) is 5.71. The third kappa shape index (κ3) is 2.91. The van der Waals surface area contributed by atoms with Crippen molar-refractivity contribution in [3.05, 3.63) is 45.8 Å². The van der Waals surface area contributed by atoms with Crippen LogP contribution < -0.4 is 16.1 Å². The number of halogens is 1. The maximum absolute atomic E-state index is 15.0. The van der Waals surface area contributed by atoms with Gasteiger partial charge in [-0.3, -0.25) is 9.89 Å². The highest BCUT2D eigenvalue weighted by atomic mass is 19.1. The molecule has 1 atom stereocenters. The summed E-state index contributed by atoms with van der Waals surface area (Å²) in [5.41, 5.74) is 5.54. The Morgan fingerprint density at radius 2 is 2.10 bits per heavy atom. The van der Waals surface area contributed by atoms with Gasteiger partial charge in [-0.05, 0) is 31.4 Å². The van der Waals surface area contributed by atoms with Gasteiger partial charge < -0.3 is 20.3 Å². The van der Waals surface area contributed by atoms with E-state index in [-0.39, 0.29) is 28.9 Å². The van der Waals surface area contributed by atoms with Gasteiger partial charge in [0.1, 0.15) is 17.2 Å². The second kappa shape index (κ2) is 6.29. The van der Waals surface area contributed by atoms with Gasteiger partial charge in [0.25, 0.3) is 0 Å². The number of aromatic carboxylic acids is 1. The van der Waals surface area contributed by atoms with Crippen molar-refractivity contribution < 1.29 is 14.3 Å². The van der Waals surface area contributed by atoms with Crippen LogP contribution in [0.2, 0.25) is 0 Å². The molecule has 2 fully saturated rings. The van der Waals surface area contributed by atoms with E-state index in [1.807, 2.05) is 4.90 Å². The molecule has 1 aromatic carbocycles. The number of nitrogens with one attached hydrogen (secondary N) is 1. The van der Waals surface area contributed by atoms with Crippen LogP contribution in [0.1, 0.15) is 47.4 Å². The Kier molecular flexibility index (Phi) is 3.83. The second-order valence-corrected chi connectivity index (χ2v) is 7.65. The highest BCUT2D eigenvalue weighted by Gasteiger charge is 2.31. The number of carbonyl (C=O) groups is 1. The molecule has 2 aromatic heterocycles. The first-order valence-electron chi connectivity index (χ1n) is 9.47. The summed E-state index contributed by atoms with van der Waals surface area (Å²) in [5, 5.41) is 16.1. The normalized spacial score (nSPS) is 19.2. The lowest BCUT2D eigenvalue weighted by Crippen LogP contribution is -2.23. The maximum atomic E-state index is 15.0. The Morgan fingerprint density at radius 3 is 2.76 bits per heavy atom. The molecular weight excluding hydrogens is 379 g/mol. The first-order chi connectivity index (χ1) is 13.9. The molecule has 1 aliphatic carbocycles. The fourth-order valence-corrected chi connectivity index (χ4v) is 4.08. The van der Waals surface area contributed by atoms with E-state index in [1.54, 1.807) is 10.6 Å². The van der Waals surface area contributed by atoms with Crippen LogP contribution in [0.3, 0.4) is 0 Å². The van der Waals surface area contributed by atoms with Crippen molar-refractivity contribution in [2.45, 2.75) is 31.2 Å². The average Bonchev–Trinajstić information content (AvgIpc) is 3.24. The van der Waals surface area contributed by atoms with Crippen LogP contribution in [0.15, 0.2) is 23.1 Å². The van der Waals surface area contributed by atoms with Gasteiger partial charge >= 0.3 is 5.97 Å². The van der Waals surface area contributed by atoms with Gasteiger partial charge in [0.2, 0.25) is 11.4 Å². The van der Waals surface area contributed by atoms with Crippen LogP contribution in [-0.4, -0.2) is 43.9 Å². The number of aromatic amines is 1. The molecule has 0 spiro atoms. The molecule has 9 nitrogen and oxygen atoms in total. The number of nitrogens with two attached hydrogens (primary N) is 1. The van der Waals surface area contributed by atoms with Crippen molar-refractivity contribution in [3.8, 4) is 0 Å². The zero-order valence-electron chi connectivity index (χ0n) is 15.4. The van der Waals surface area contributed by atoms with Crippen molar-refractivity contribution in [2.75, 3.05) is 23.7 Å². The predicted octanol–water partition coefficient (Wildman–Crippen LogP) is 1.87.